The lowest BCUT2D eigenvalue weighted by Crippen LogP contribution is -2.38. The molecule has 1 aromatic rings. The lowest BCUT2D eigenvalue weighted by atomic mass is 9.95. The van der Waals surface area contributed by atoms with Crippen molar-refractivity contribution in [2.45, 2.75) is 19.9 Å². The Bertz CT molecular complexity index is 457. The summed E-state index contributed by atoms with van der Waals surface area (Å²) >= 11 is 0. The quantitative estimate of drug-likeness (QED) is 0.805. The van der Waals surface area contributed by atoms with Crippen LogP contribution in [0.15, 0.2) is 18.3 Å². The molecule has 3 heterocycles. The van der Waals surface area contributed by atoms with Crippen molar-refractivity contribution in [1.29, 1.82) is 0 Å². The van der Waals surface area contributed by atoms with Crippen molar-refractivity contribution in [2.75, 3.05) is 19.6 Å². The molecule has 0 saturated carbocycles. The van der Waals surface area contributed by atoms with Crippen LogP contribution < -0.4 is 5.32 Å². The second kappa shape index (κ2) is 4.35. The summed E-state index contributed by atoms with van der Waals surface area (Å²) in [5.41, 5.74) is 1.66. The van der Waals surface area contributed by atoms with Crippen molar-refractivity contribution in [3.63, 3.8) is 0 Å². The lowest BCUT2D eigenvalue weighted by molar-refractivity contribution is 0.0728. The van der Waals surface area contributed by atoms with E-state index < -0.39 is 0 Å². The molecule has 4 heteroatoms. The number of nitrogens with one attached hydrogen (secondary N) is 1. The fourth-order valence-corrected chi connectivity index (χ4v) is 3.20. The molecule has 4 nitrogen and oxygen atoms in total. The average molecular weight is 245 g/mol. The predicted octanol–water partition coefficient (Wildman–Crippen LogP) is 1.07. The van der Waals surface area contributed by atoms with Crippen molar-refractivity contribution in [1.82, 2.24) is 15.2 Å². The monoisotopic (exact) mass is 245 g/mol. The Labute approximate surface area is 107 Å². The van der Waals surface area contributed by atoms with Gasteiger partial charge >= 0.3 is 0 Å². The first-order valence-electron chi connectivity index (χ1n) is 6.61. The van der Waals surface area contributed by atoms with Gasteiger partial charge in [0.25, 0.3) is 5.91 Å². The van der Waals surface area contributed by atoms with E-state index in [2.05, 4.69) is 17.2 Å². The van der Waals surface area contributed by atoms with Gasteiger partial charge in [0.05, 0.1) is 5.56 Å². The molecule has 3 rings (SSSR count). The van der Waals surface area contributed by atoms with E-state index in [-0.39, 0.29) is 5.91 Å². The van der Waals surface area contributed by atoms with Crippen LogP contribution >= 0.6 is 0 Å². The highest BCUT2D eigenvalue weighted by Crippen LogP contribution is 2.33. The minimum Gasteiger partial charge on any atom is -0.335 e. The Kier molecular flexibility index (Phi) is 2.82. The van der Waals surface area contributed by atoms with E-state index in [4.69, 9.17) is 0 Å². The summed E-state index contributed by atoms with van der Waals surface area (Å²) < 4.78 is 0. The number of hydrogen-bond donors (Lipinski definition) is 1. The van der Waals surface area contributed by atoms with E-state index in [0.29, 0.717) is 23.4 Å². The lowest BCUT2D eigenvalue weighted by Gasteiger charge is -2.24. The molecule has 2 fully saturated rings. The molecule has 1 N–H and O–H groups in total. The average Bonchev–Trinajstić information content (AvgIpc) is 2.93. The number of fused-ring (bicyclic) bond motifs is 1. The molecule has 2 aliphatic heterocycles. The molecular formula is C14H19N3O. The third kappa shape index (κ3) is 1.81. The van der Waals surface area contributed by atoms with Crippen molar-refractivity contribution in [3.8, 4) is 0 Å². The molecule has 0 bridgehead atoms. The highest BCUT2D eigenvalue weighted by molar-refractivity contribution is 5.94. The van der Waals surface area contributed by atoms with Crippen molar-refractivity contribution >= 4 is 5.91 Å². The maximum atomic E-state index is 12.5. The Morgan fingerprint density at radius 1 is 1.44 bits per heavy atom. The Morgan fingerprint density at radius 2 is 2.28 bits per heavy atom. The zero-order valence-electron chi connectivity index (χ0n) is 10.9. The maximum Gasteiger partial charge on any atom is 0.255 e. The van der Waals surface area contributed by atoms with Crippen LogP contribution in [0.1, 0.15) is 23.0 Å². The molecule has 2 aliphatic rings. The maximum absolute atomic E-state index is 12.5. The first-order chi connectivity index (χ1) is 8.66. The summed E-state index contributed by atoms with van der Waals surface area (Å²) in [7, 11) is 0. The van der Waals surface area contributed by atoms with Crippen LogP contribution in [-0.2, 0) is 0 Å². The minimum absolute atomic E-state index is 0.129. The minimum atomic E-state index is 0.129. The fraction of sp³-hybridized carbons (Fsp3) is 0.571. The van der Waals surface area contributed by atoms with Crippen molar-refractivity contribution in [2.24, 2.45) is 11.8 Å². The SMILES string of the molecule is Cc1ccc(C(=O)N2CC3CNCC3C2C)cn1. The van der Waals surface area contributed by atoms with Gasteiger partial charge in [-0.25, -0.2) is 0 Å². The van der Waals surface area contributed by atoms with Crippen LogP contribution in [0.4, 0.5) is 0 Å². The number of pyridine rings is 1. The van der Waals surface area contributed by atoms with E-state index in [9.17, 15) is 4.79 Å². The highest BCUT2D eigenvalue weighted by atomic mass is 16.2. The number of nitrogens with zero attached hydrogens (tertiary/aromatic N) is 2. The first-order valence-corrected chi connectivity index (χ1v) is 6.61. The van der Waals surface area contributed by atoms with Gasteiger partial charge in [0.15, 0.2) is 0 Å². The third-order valence-electron chi connectivity index (χ3n) is 4.35. The first kappa shape index (κ1) is 11.7. The molecule has 0 radical (unpaired) electrons. The normalized spacial score (nSPS) is 30.6. The molecule has 96 valence electrons. The third-order valence-corrected chi connectivity index (χ3v) is 4.35. The zero-order chi connectivity index (χ0) is 12.7. The van der Waals surface area contributed by atoms with E-state index in [1.807, 2.05) is 24.0 Å². The number of aryl methyl sites for hydroxylation is 1. The number of likely N-dealkylation sites (tertiary alicyclic amines) is 1. The smallest absolute Gasteiger partial charge is 0.255 e. The fourth-order valence-electron chi connectivity index (χ4n) is 3.20. The second-order valence-electron chi connectivity index (χ2n) is 5.47. The van der Waals surface area contributed by atoms with Gasteiger partial charge in [-0.2, -0.15) is 0 Å². The Morgan fingerprint density at radius 3 is 2.94 bits per heavy atom. The topological polar surface area (TPSA) is 45.2 Å². The van der Waals surface area contributed by atoms with Crippen LogP contribution in [0.25, 0.3) is 0 Å². The van der Waals surface area contributed by atoms with Crippen LogP contribution in [-0.4, -0.2) is 41.5 Å². The summed E-state index contributed by atoms with van der Waals surface area (Å²) in [5.74, 6) is 1.37. The van der Waals surface area contributed by atoms with Gasteiger partial charge in [-0.05, 0) is 37.8 Å². The zero-order valence-corrected chi connectivity index (χ0v) is 10.9. The van der Waals surface area contributed by atoms with Gasteiger partial charge in [-0.3, -0.25) is 9.78 Å². The molecule has 0 spiro atoms. The van der Waals surface area contributed by atoms with Gasteiger partial charge in [-0.1, -0.05) is 0 Å². The van der Waals surface area contributed by atoms with Gasteiger partial charge in [-0.15, -0.1) is 0 Å². The van der Waals surface area contributed by atoms with E-state index in [1.165, 1.54) is 0 Å². The summed E-state index contributed by atoms with van der Waals surface area (Å²) in [4.78, 5) is 18.7. The summed E-state index contributed by atoms with van der Waals surface area (Å²) in [6, 6.07) is 4.11. The molecule has 2 saturated heterocycles. The largest absolute Gasteiger partial charge is 0.335 e. The van der Waals surface area contributed by atoms with Crippen LogP contribution in [0.5, 0.6) is 0 Å². The number of carbonyl (C=O) groups is 1. The summed E-state index contributed by atoms with van der Waals surface area (Å²) in [6.07, 6.45) is 1.69. The molecule has 1 amide bonds. The molecular weight excluding hydrogens is 226 g/mol. The van der Waals surface area contributed by atoms with Gasteiger partial charge in [0.2, 0.25) is 0 Å². The van der Waals surface area contributed by atoms with E-state index in [0.717, 1.165) is 25.3 Å². The predicted molar refractivity (Wildman–Crippen MR) is 69.3 cm³/mol. The van der Waals surface area contributed by atoms with Crippen molar-refractivity contribution < 1.29 is 4.79 Å². The highest BCUT2D eigenvalue weighted by Gasteiger charge is 2.43. The van der Waals surface area contributed by atoms with Crippen LogP contribution in [0.2, 0.25) is 0 Å². The number of aromatic nitrogens is 1. The molecule has 3 unspecified atom stereocenters. The Balaban J connectivity index is 1.79. The van der Waals surface area contributed by atoms with Gasteiger partial charge in [0, 0.05) is 37.6 Å². The van der Waals surface area contributed by atoms with Crippen LogP contribution in [0.3, 0.4) is 0 Å². The number of amides is 1. The molecule has 0 aliphatic carbocycles. The van der Waals surface area contributed by atoms with Gasteiger partial charge < -0.3 is 10.2 Å². The molecule has 18 heavy (non-hydrogen) atoms. The molecule has 3 atom stereocenters. The number of hydrogen-bond acceptors (Lipinski definition) is 3. The molecule has 0 aromatic carbocycles. The van der Waals surface area contributed by atoms with E-state index >= 15 is 0 Å². The van der Waals surface area contributed by atoms with Crippen molar-refractivity contribution in [3.05, 3.63) is 29.6 Å². The standard InChI is InChI=1S/C14H19N3O/c1-9-3-4-11(6-16-9)14(18)17-8-12-5-15-7-13(12)10(17)2/h3-4,6,10,12-13,15H,5,7-8H2,1-2H3. The van der Waals surface area contributed by atoms with E-state index in [1.54, 1.807) is 6.20 Å². The Hall–Kier alpha value is -1.42. The molecule has 1 aromatic heterocycles. The summed E-state index contributed by atoms with van der Waals surface area (Å²) in [6.45, 7) is 7.07. The summed E-state index contributed by atoms with van der Waals surface area (Å²) in [5, 5.41) is 3.41. The van der Waals surface area contributed by atoms with Gasteiger partial charge in [0.1, 0.15) is 0 Å². The van der Waals surface area contributed by atoms with Crippen LogP contribution in [0, 0.1) is 18.8 Å². The number of carbonyl (C=O) groups excluding carboxylic acids is 1. The second-order valence-corrected chi connectivity index (χ2v) is 5.47. The number of rotatable bonds is 1.